The molecule has 1 atom stereocenters. The zero-order valence-corrected chi connectivity index (χ0v) is 26.4. The van der Waals surface area contributed by atoms with Gasteiger partial charge in [0, 0.05) is 22.6 Å². The first-order valence-corrected chi connectivity index (χ1v) is 16.5. The molecule has 1 aliphatic carbocycles. The molecule has 1 saturated carbocycles. The number of amides is 2. The van der Waals surface area contributed by atoms with E-state index < -0.39 is 28.5 Å². The van der Waals surface area contributed by atoms with Crippen LogP contribution in [0.15, 0.2) is 77.7 Å². The van der Waals surface area contributed by atoms with Gasteiger partial charge in [-0.1, -0.05) is 91.3 Å². The number of carbonyl (C=O) groups excluding carboxylic acids is 2. The highest BCUT2D eigenvalue weighted by Gasteiger charge is 2.35. The van der Waals surface area contributed by atoms with Crippen LogP contribution in [0, 0.1) is 0 Å². The molecular weight excluding hydrogens is 617 g/mol. The number of carbonyl (C=O) groups is 2. The number of halogens is 3. The molecule has 0 saturated heterocycles. The maximum Gasteiger partial charge on any atom is 0.264 e. The van der Waals surface area contributed by atoms with Crippen molar-refractivity contribution in [1.29, 1.82) is 0 Å². The van der Waals surface area contributed by atoms with E-state index in [-0.39, 0.29) is 39.1 Å². The van der Waals surface area contributed by atoms with Crippen LogP contribution in [0.25, 0.3) is 0 Å². The minimum absolute atomic E-state index is 0.0137. The lowest BCUT2D eigenvalue weighted by Gasteiger charge is -2.34. The van der Waals surface area contributed by atoms with Gasteiger partial charge in [0.1, 0.15) is 12.6 Å². The number of nitrogens with one attached hydrogen (secondary N) is 1. The van der Waals surface area contributed by atoms with Crippen LogP contribution in [-0.4, -0.2) is 43.8 Å². The largest absolute Gasteiger partial charge is 0.352 e. The maximum atomic E-state index is 14.2. The van der Waals surface area contributed by atoms with Gasteiger partial charge < -0.3 is 10.2 Å². The zero-order chi connectivity index (χ0) is 30.3. The summed E-state index contributed by atoms with van der Waals surface area (Å²) in [5.74, 6) is -0.823. The SMILES string of the molecule is CCC(C(=O)NC1CCCCC1)N(Cc1ccc(Cl)cc1)C(=O)CN(c1cc(Cl)ccc1Cl)S(=O)(=O)c1ccccc1. The van der Waals surface area contributed by atoms with Gasteiger partial charge in [-0.15, -0.1) is 0 Å². The molecule has 3 aromatic rings. The Labute approximate surface area is 262 Å². The van der Waals surface area contributed by atoms with Gasteiger partial charge in [0.2, 0.25) is 11.8 Å². The third-order valence-corrected chi connectivity index (χ3v) is 9.97. The van der Waals surface area contributed by atoms with E-state index in [0.717, 1.165) is 42.0 Å². The lowest BCUT2D eigenvalue weighted by molar-refractivity contribution is -0.140. The molecule has 1 N–H and O–H groups in total. The van der Waals surface area contributed by atoms with Gasteiger partial charge in [0.05, 0.1) is 15.6 Å². The Hall–Kier alpha value is -2.78. The van der Waals surface area contributed by atoms with Gasteiger partial charge in [-0.2, -0.15) is 0 Å². The second kappa shape index (κ2) is 14.6. The number of anilines is 1. The second-order valence-corrected chi connectivity index (χ2v) is 13.5. The van der Waals surface area contributed by atoms with Crippen molar-refractivity contribution in [1.82, 2.24) is 10.2 Å². The first kappa shape index (κ1) is 32.1. The van der Waals surface area contributed by atoms with Crippen molar-refractivity contribution in [3.05, 3.63) is 93.4 Å². The number of sulfonamides is 1. The molecule has 0 spiro atoms. The first-order valence-electron chi connectivity index (χ1n) is 14.0. The van der Waals surface area contributed by atoms with Crippen molar-refractivity contribution < 1.29 is 18.0 Å². The Bertz CT molecular complexity index is 1480. The molecule has 1 fully saturated rings. The summed E-state index contributed by atoms with van der Waals surface area (Å²) in [6.07, 6.45) is 5.35. The lowest BCUT2D eigenvalue weighted by Crippen LogP contribution is -2.54. The molecule has 7 nitrogen and oxygen atoms in total. The molecule has 11 heteroatoms. The molecule has 0 heterocycles. The molecular formula is C31H34Cl3N3O4S. The number of hydrogen-bond acceptors (Lipinski definition) is 4. The fourth-order valence-electron chi connectivity index (χ4n) is 5.16. The molecule has 42 heavy (non-hydrogen) atoms. The fraction of sp³-hybridized carbons (Fsp3) is 0.355. The molecule has 2 amide bonds. The average molecular weight is 651 g/mol. The Morgan fingerprint density at radius 2 is 1.55 bits per heavy atom. The van der Waals surface area contributed by atoms with Gasteiger partial charge in [-0.3, -0.25) is 13.9 Å². The summed E-state index contributed by atoms with van der Waals surface area (Å²) in [4.78, 5) is 29.2. The van der Waals surface area contributed by atoms with Crippen LogP contribution in [0.1, 0.15) is 51.0 Å². The minimum atomic E-state index is -4.25. The van der Waals surface area contributed by atoms with Crippen LogP contribution in [0.5, 0.6) is 0 Å². The van der Waals surface area contributed by atoms with E-state index in [2.05, 4.69) is 5.32 Å². The molecule has 1 aliphatic rings. The van der Waals surface area contributed by atoms with Gasteiger partial charge in [0.25, 0.3) is 10.0 Å². The van der Waals surface area contributed by atoms with E-state index in [1.54, 1.807) is 42.5 Å². The van der Waals surface area contributed by atoms with Crippen molar-refractivity contribution in [3.8, 4) is 0 Å². The summed E-state index contributed by atoms with van der Waals surface area (Å²) in [7, 11) is -4.25. The topological polar surface area (TPSA) is 86.8 Å². The van der Waals surface area contributed by atoms with Crippen molar-refractivity contribution in [2.75, 3.05) is 10.8 Å². The van der Waals surface area contributed by atoms with Crippen molar-refractivity contribution in [2.24, 2.45) is 0 Å². The second-order valence-electron chi connectivity index (χ2n) is 10.3. The Morgan fingerprint density at radius 3 is 2.19 bits per heavy atom. The van der Waals surface area contributed by atoms with E-state index in [1.807, 2.05) is 6.92 Å². The third-order valence-electron chi connectivity index (χ3n) is 7.39. The van der Waals surface area contributed by atoms with E-state index >= 15 is 0 Å². The number of benzene rings is 3. The highest BCUT2D eigenvalue weighted by atomic mass is 35.5. The smallest absolute Gasteiger partial charge is 0.264 e. The van der Waals surface area contributed by atoms with Crippen LogP contribution in [-0.2, 0) is 26.2 Å². The highest BCUT2D eigenvalue weighted by Crippen LogP contribution is 2.33. The molecule has 0 bridgehead atoms. The van der Waals surface area contributed by atoms with Gasteiger partial charge in [-0.05, 0) is 67.3 Å². The zero-order valence-electron chi connectivity index (χ0n) is 23.3. The number of hydrogen-bond donors (Lipinski definition) is 1. The van der Waals surface area contributed by atoms with E-state index in [0.29, 0.717) is 11.4 Å². The average Bonchev–Trinajstić information content (AvgIpc) is 2.99. The van der Waals surface area contributed by atoms with Gasteiger partial charge in [-0.25, -0.2) is 8.42 Å². The van der Waals surface area contributed by atoms with Crippen LogP contribution in [0.4, 0.5) is 5.69 Å². The molecule has 3 aromatic carbocycles. The van der Waals surface area contributed by atoms with Crippen molar-refractivity contribution in [2.45, 2.75) is 69.0 Å². The molecule has 0 radical (unpaired) electrons. The van der Waals surface area contributed by atoms with Gasteiger partial charge >= 0.3 is 0 Å². The Balaban J connectivity index is 1.72. The molecule has 0 aliphatic heterocycles. The van der Waals surface area contributed by atoms with E-state index in [9.17, 15) is 18.0 Å². The van der Waals surface area contributed by atoms with Crippen LogP contribution < -0.4 is 9.62 Å². The summed E-state index contributed by atoms with van der Waals surface area (Å²) in [5, 5.41) is 4.04. The minimum Gasteiger partial charge on any atom is -0.352 e. The van der Waals surface area contributed by atoms with Crippen molar-refractivity contribution in [3.63, 3.8) is 0 Å². The third kappa shape index (κ3) is 7.98. The Kier molecular flexibility index (Phi) is 11.2. The summed E-state index contributed by atoms with van der Waals surface area (Å²) in [5.41, 5.74) is 0.808. The summed E-state index contributed by atoms with van der Waals surface area (Å²) >= 11 is 18.8. The van der Waals surface area contributed by atoms with Gasteiger partial charge in [0.15, 0.2) is 0 Å². The molecule has 224 valence electrons. The highest BCUT2D eigenvalue weighted by molar-refractivity contribution is 7.92. The predicted octanol–water partition coefficient (Wildman–Crippen LogP) is 7.10. The lowest BCUT2D eigenvalue weighted by atomic mass is 9.95. The molecule has 1 unspecified atom stereocenters. The molecule has 0 aromatic heterocycles. The van der Waals surface area contributed by atoms with Crippen molar-refractivity contribution >= 4 is 62.3 Å². The van der Waals surface area contributed by atoms with E-state index in [1.165, 1.54) is 35.2 Å². The normalized spacial score (nSPS) is 14.7. The quantitative estimate of drug-likeness (QED) is 0.240. The van der Waals surface area contributed by atoms with Crippen LogP contribution in [0.2, 0.25) is 15.1 Å². The number of rotatable bonds is 11. The summed E-state index contributed by atoms with van der Waals surface area (Å²) < 4.78 is 28.8. The molecule has 4 rings (SSSR count). The standard InChI is InChI=1S/C31H34Cl3N3O4S/c1-2-28(31(39)35-25-9-5-3-6-10-25)36(20-22-13-15-23(32)16-14-22)30(38)21-37(29-19-24(33)17-18-27(29)34)42(40,41)26-11-7-4-8-12-26/h4,7-8,11-19,25,28H,2-3,5-6,9-10,20-21H2,1H3,(H,35,39). The van der Waals surface area contributed by atoms with Crippen LogP contribution >= 0.6 is 34.8 Å². The van der Waals surface area contributed by atoms with Crippen LogP contribution in [0.3, 0.4) is 0 Å². The summed E-state index contributed by atoms with van der Waals surface area (Å²) in [6.45, 7) is 1.31. The monoisotopic (exact) mass is 649 g/mol. The Morgan fingerprint density at radius 1 is 0.905 bits per heavy atom. The number of nitrogens with zero attached hydrogens (tertiary/aromatic N) is 2. The first-order chi connectivity index (χ1) is 20.1. The van der Waals surface area contributed by atoms with E-state index in [4.69, 9.17) is 34.8 Å². The maximum absolute atomic E-state index is 14.2. The predicted molar refractivity (Wildman–Crippen MR) is 169 cm³/mol. The summed E-state index contributed by atoms with van der Waals surface area (Å²) in [6, 6.07) is 18.4. The fourth-order valence-corrected chi connectivity index (χ4v) is 7.17.